The van der Waals surface area contributed by atoms with E-state index in [4.69, 9.17) is 5.73 Å². The summed E-state index contributed by atoms with van der Waals surface area (Å²) >= 11 is 0. The van der Waals surface area contributed by atoms with Gasteiger partial charge in [-0.05, 0) is 5.56 Å². The lowest BCUT2D eigenvalue weighted by Crippen LogP contribution is -2.15. The standard InChI is InChI=1S/C12H16N4O/c1-16-7-10(13)12(15-16)14-11(8-17)9-5-3-2-4-6-9/h2-7,11,17H,8,13H2,1H3,(H,14,15). The van der Waals surface area contributed by atoms with Gasteiger partial charge in [0.2, 0.25) is 0 Å². The highest BCUT2D eigenvalue weighted by atomic mass is 16.3. The van der Waals surface area contributed by atoms with Crippen LogP contribution in [-0.2, 0) is 7.05 Å². The number of nitrogens with zero attached hydrogens (tertiary/aromatic N) is 2. The predicted molar refractivity (Wildman–Crippen MR) is 67.5 cm³/mol. The molecule has 0 aliphatic rings. The molecule has 0 aliphatic carbocycles. The quantitative estimate of drug-likeness (QED) is 0.739. The zero-order chi connectivity index (χ0) is 12.3. The highest BCUT2D eigenvalue weighted by Gasteiger charge is 2.13. The van der Waals surface area contributed by atoms with Crippen molar-refractivity contribution in [2.24, 2.45) is 7.05 Å². The summed E-state index contributed by atoms with van der Waals surface area (Å²) in [7, 11) is 1.80. The number of aliphatic hydroxyl groups is 1. The molecule has 1 aromatic carbocycles. The number of nitrogen functional groups attached to an aromatic ring is 1. The van der Waals surface area contributed by atoms with Gasteiger partial charge in [0, 0.05) is 13.2 Å². The summed E-state index contributed by atoms with van der Waals surface area (Å²) in [6.45, 7) is -0.0139. The van der Waals surface area contributed by atoms with Gasteiger partial charge in [0.15, 0.2) is 5.82 Å². The summed E-state index contributed by atoms with van der Waals surface area (Å²) in [5.41, 5.74) is 7.37. The summed E-state index contributed by atoms with van der Waals surface area (Å²) in [4.78, 5) is 0. The van der Waals surface area contributed by atoms with E-state index < -0.39 is 0 Å². The van der Waals surface area contributed by atoms with Crippen LogP contribution in [0.25, 0.3) is 0 Å². The Morgan fingerprint density at radius 3 is 2.65 bits per heavy atom. The molecule has 2 rings (SSSR count). The first-order valence-electron chi connectivity index (χ1n) is 5.42. The summed E-state index contributed by atoms with van der Waals surface area (Å²) in [6.07, 6.45) is 1.72. The Morgan fingerprint density at radius 1 is 1.41 bits per heavy atom. The molecule has 5 nitrogen and oxygen atoms in total. The molecule has 0 saturated heterocycles. The lowest BCUT2D eigenvalue weighted by molar-refractivity contribution is 0.276. The fourth-order valence-electron chi connectivity index (χ4n) is 1.70. The van der Waals surface area contributed by atoms with E-state index in [0.29, 0.717) is 11.5 Å². The van der Waals surface area contributed by atoms with Gasteiger partial charge in [0.05, 0.1) is 18.3 Å². The lowest BCUT2D eigenvalue weighted by Gasteiger charge is -2.16. The second-order valence-corrected chi connectivity index (χ2v) is 3.90. The Bertz CT molecular complexity index is 481. The van der Waals surface area contributed by atoms with E-state index in [1.54, 1.807) is 17.9 Å². The monoisotopic (exact) mass is 232 g/mol. The molecule has 0 amide bonds. The van der Waals surface area contributed by atoms with E-state index in [9.17, 15) is 5.11 Å². The topological polar surface area (TPSA) is 76.1 Å². The largest absolute Gasteiger partial charge is 0.394 e. The number of nitrogens with one attached hydrogen (secondary N) is 1. The minimum absolute atomic E-state index is 0.0139. The average molecular weight is 232 g/mol. The lowest BCUT2D eigenvalue weighted by atomic mass is 10.1. The van der Waals surface area contributed by atoms with Gasteiger partial charge in [0.1, 0.15) is 0 Å². The average Bonchev–Trinajstić information content (AvgIpc) is 2.66. The maximum Gasteiger partial charge on any atom is 0.171 e. The van der Waals surface area contributed by atoms with Crippen molar-refractivity contribution in [2.75, 3.05) is 17.7 Å². The van der Waals surface area contributed by atoms with Crippen LogP contribution in [0.1, 0.15) is 11.6 Å². The van der Waals surface area contributed by atoms with Crippen molar-refractivity contribution in [1.82, 2.24) is 9.78 Å². The van der Waals surface area contributed by atoms with Crippen molar-refractivity contribution >= 4 is 11.5 Å². The number of benzene rings is 1. The number of rotatable bonds is 4. The summed E-state index contributed by atoms with van der Waals surface area (Å²) in [5.74, 6) is 0.593. The molecular formula is C12H16N4O. The van der Waals surface area contributed by atoms with Crippen LogP contribution in [0.2, 0.25) is 0 Å². The summed E-state index contributed by atoms with van der Waals surface area (Å²) in [5, 5.41) is 16.7. The molecule has 1 heterocycles. The van der Waals surface area contributed by atoms with Crippen LogP contribution in [0.5, 0.6) is 0 Å². The fourth-order valence-corrected chi connectivity index (χ4v) is 1.70. The van der Waals surface area contributed by atoms with Gasteiger partial charge in [0.25, 0.3) is 0 Å². The third-order valence-corrected chi connectivity index (χ3v) is 2.55. The molecule has 1 aromatic heterocycles. The van der Waals surface area contributed by atoms with Crippen molar-refractivity contribution in [3.05, 3.63) is 42.1 Å². The fraction of sp³-hybridized carbons (Fsp3) is 0.250. The van der Waals surface area contributed by atoms with Gasteiger partial charge < -0.3 is 16.2 Å². The van der Waals surface area contributed by atoms with Crippen molar-refractivity contribution in [3.63, 3.8) is 0 Å². The molecule has 5 heteroatoms. The number of aryl methyl sites for hydroxylation is 1. The Kier molecular flexibility index (Phi) is 3.30. The van der Waals surface area contributed by atoms with Gasteiger partial charge in [-0.15, -0.1) is 0 Å². The molecule has 90 valence electrons. The molecule has 0 bridgehead atoms. The van der Waals surface area contributed by atoms with Crippen LogP contribution >= 0.6 is 0 Å². The van der Waals surface area contributed by atoms with Gasteiger partial charge in [-0.2, -0.15) is 5.10 Å². The first kappa shape index (κ1) is 11.5. The Labute approximate surface area is 99.9 Å². The Hall–Kier alpha value is -2.01. The van der Waals surface area contributed by atoms with E-state index in [0.717, 1.165) is 5.56 Å². The molecular weight excluding hydrogens is 216 g/mol. The number of aromatic nitrogens is 2. The number of aliphatic hydroxyl groups excluding tert-OH is 1. The third-order valence-electron chi connectivity index (χ3n) is 2.55. The molecule has 4 N–H and O–H groups in total. The Morgan fingerprint density at radius 2 is 2.12 bits per heavy atom. The summed E-state index contributed by atoms with van der Waals surface area (Å²) in [6, 6.07) is 9.50. The minimum atomic E-state index is -0.201. The first-order valence-corrected chi connectivity index (χ1v) is 5.42. The maximum absolute atomic E-state index is 9.40. The van der Waals surface area contributed by atoms with Crippen molar-refractivity contribution in [1.29, 1.82) is 0 Å². The number of anilines is 2. The van der Waals surface area contributed by atoms with Crippen molar-refractivity contribution < 1.29 is 5.11 Å². The molecule has 2 aromatic rings. The molecule has 0 fully saturated rings. The molecule has 0 aliphatic heterocycles. The van der Waals surface area contributed by atoms with Crippen LogP contribution in [-0.4, -0.2) is 21.5 Å². The van der Waals surface area contributed by atoms with Crippen molar-refractivity contribution in [3.8, 4) is 0 Å². The minimum Gasteiger partial charge on any atom is -0.394 e. The number of nitrogens with two attached hydrogens (primary N) is 1. The van der Waals surface area contributed by atoms with Crippen LogP contribution < -0.4 is 11.1 Å². The highest BCUT2D eigenvalue weighted by molar-refractivity contribution is 5.60. The molecule has 0 saturated carbocycles. The molecule has 0 spiro atoms. The van der Waals surface area contributed by atoms with Crippen LogP contribution in [0, 0.1) is 0 Å². The zero-order valence-corrected chi connectivity index (χ0v) is 9.67. The molecule has 0 radical (unpaired) electrons. The van der Waals surface area contributed by atoms with E-state index in [2.05, 4.69) is 10.4 Å². The predicted octanol–water partition coefficient (Wildman–Crippen LogP) is 1.15. The highest BCUT2D eigenvalue weighted by Crippen LogP contribution is 2.22. The molecule has 1 unspecified atom stereocenters. The first-order chi connectivity index (χ1) is 8.20. The van der Waals surface area contributed by atoms with Gasteiger partial charge in [-0.1, -0.05) is 30.3 Å². The van der Waals surface area contributed by atoms with E-state index in [1.165, 1.54) is 0 Å². The molecule has 17 heavy (non-hydrogen) atoms. The van der Waals surface area contributed by atoms with Crippen molar-refractivity contribution in [2.45, 2.75) is 6.04 Å². The second kappa shape index (κ2) is 4.88. The molecule has 1 atom stereocenters. The van der Waals surface area contributed by atoms with Gasteiger partial charge in [-0.3, -0.25) is 4.68 Å². The van der Waals surface area contributed by atoms with Crippen LogP contribution in [0.4, 0.5) is 11.5 Å². The normalized spacial score (nSPS) is 12.4. The van der Waals surface area contributed by atoms with E-state index in [-0.39, 0.29) is 12.6 Å². The number of hydrogen-bond donors (Lipinski definition) is 3. The maximum atomic E-state index is 9.40. The van der Waals surface area contributed by atoms with Gasteiger partial charge >= 0.3 is 0 Å². The zero-order valence-electron chi connectivity index (χ0n) is 9.67. The second-order valence-electron chi connectivity index (χ2n) is 3.90. The van der Waals surface area contributed by atoms with Crippen LogP contribution in [0.15, 0.2) is 36.5 Å². The van der Waals surface area contributed by atoms with E-state index >= 15 is 0 Å². The smallest absolute Gasteiger partial charge is 0.171 e. The van der Waals surface area contributed by atoms with Gasteiger partial charge in [-0.25, -0.2) is 0 Å². The van der Waals surface area contributed by atoms with E-state index in [1.807, 2.05) is 30.3 Å². The Balaban J connectivity index is 2.18. The third kappa shape index (κ3) is 2.57. The summed E-state index contributed by atoms with van der Waals surface area (Å²) < 4.78 is 1.64. The number of hydrogen-bond acceptors (Lipinski definition) is 4. The SMILES string of the molecule is Cn1cc(N)c(NC(CO)c2ccccc2)n1. The van der Waals surface area contributed by atoms with Crippen LogP contribution in [0.3, 0.4) is 0 Å².